The van der Waals surface area contributed by atoms with Gasteiger partial charge in [-0.05, 0) is 6.07 Å². The number of nitrogens with zero attached hydrogens (tertiary/aromatic N) is 1. The molecule has 0 saturated carbocycles. The van der Waals surface area contributed by atoms with Gasteiger partial charge in [-0.1, -0.05) is 12.1 Å². The fourth-order valence-corrected chi connectivity index (χ4v) is 1.99. The molecule has 1 N–H and O–H groups in total. The van der Waals surface area contributed by atoms with Crippen molar-refractivity contribution in [1.82, 2.24) is 4.57 Å². The normalized spacial score (nSPS) is 12.0. The van der Waals surface area contributed by atoms with E-state index in [9.17, 15) is 13.6 Å². The Labute approximate surface area is 96.3 Å². The third-order valence-electron chi connectivity index (χ3n) is 2.70. The van der Waals surface area contributed by atoms with Gasteiger partial charge in [0.1, 0.15) is 0 Å². The van der Waals surface area contributed by atoms with Gasteiger partial charge in [-0.3, -0.25) is 0 Å². The summed E-state index contributed by atoms with van der Waals surface area (Å²) in [6.07, 6.45) is 1.27. The summed E-state index contributed by atoms with van der Waals surface area (Å²) in [4.78, 5) is 11.0. The number of hydrogen-bond donors (Lipinski definition) is 1. The van der Waals surface area contributed by atoms with Crippen molar-refractivity contribution in [1.29, 1.82) is 0 Å². The Kier molecular flexibility index (Phi) is 2.41. The lowest BCUT2D eigenvalue weighted by molar-refractivity contribution is 0.0189. The SMILES string of the molecule is Cn1cc(C(C)(F)F)c2cccc(C(=O)O)c21. The topological polar surface area (TPSA) is 42.2 Å². The number of hydrogen-bond acceptors (Lipinski definition) is 1. The van der Waals surface area contributed by atoms with Crippen molar-refractivity contribution in [3.05, 3.63) is 35.5 Å². The maximum Gasteiger partial charge on any atom is 0.337 e. The van der Waals surface area contributed by atoms with E-state index in [0.717, 1.165) is 6.92 Å². The van der Waals surface area contributed by atoms with Gasteiger partial charge in [0.2, 0.25) is 0 Å². The molecule has 2 aromatic rings. The number of aromatic carboxylic acids is 1. The first kappa shape index (κ1) is 11.6. The standard InChI is InChI=1S/C12H11F2NO2/c1-12(13,14)9-6-15(2)10-7(9)4-3-5-8(10)11(16)17/h3-6H,1-2H3,(H,16,17). The zero-order valence-corrected chi connectivity index (χ0v) is 9.37. The average Bonchev–Trinajstić information content (AvgIpc) is 2.56. The van der Waals surface area contributed by atoms with Crippen molar-refractivity contribution in [3.8, 4) is 0 Å². The summed E-state index contributed by atoms with van der Waals surface area (Å²) in [5.41, 5.74) is 0.190. The molecule has 1 heterocycles. The molecule has 1 aromatic heterocycles. The van der Waals surface area contributed by atoms with Crippen LogP contribution in [-0.4, -0.2) is 15.6 Å². The lowest BCUT2D eigenvalue weighted by Crippen LogP contribution is -2.05. The molecule has 0 spiro atoms. The Morgan fingerprint density at radius 2 is 2.06 bits per heavy atom. The number of carboxylic acids is 1. The largest absolute Gasteiger partial charge is 0.478 e. The van der Waals surface area contributed by atoms with E-state index in [2.05, 4.69) is 0 Å². The van der Waals surface area contributed by atoms with E-state index < -0.39 is 11.9 Å². The van der Waals surface area contributed by atoms with Crippen LogP contribution in [0.15, 0.2) is 24.4 Å². The molecular weight excluding hydrogens is 228 g/mol. The number of alkyl halides is 2. The number of benzene rings is 1. The van der Waals surface area contributed by atoms with Crippen molar-refractivity contribution >= 4 is 16.9 Å². The Bertz CT molecular complexity index is 596. The summed E-state index contributed by atoms with van der Waals surface area (Å²) in [6, 6.07) is 4.39. The molecule has 0 bridgehead atoms. The van der Waals surface area contributed by atoms with Crippen molar-refractivity contribution in [2.45, 2.75) is 12.8 Å². The first-order valence-corrected chi connectivity index (χ1v) is 5.02. The minimum absolute atomic E-state index is 0.0282. The second-order valence-electron chi connectivity index (χ2n) is 4.05. The van der Waals surface area contributed by atoms with Crippen LogP contribution >= 0.6 is 0 Å². The monoisotopic (exact) mass is 239 g/mol. The van der Waals surface area contributed by atoms with Crippen LogP contribution < -0.4 is 0 Å². The molecule has 0 unspecified atom stereocenters. The first-order chi connectivity index (χ1) is 7.82. The predicted octanol–water partition coefficient (Wildman–Crippen LogP) is 2.99. The summed E-state index contributed by atoms with van der Waals surface area (Å²) >= 11 is 0. The molecule has 0 aliphatic rings. The molecule has 0 radical (unpaired) electrons. The van der Waals surface area contributed by atoms with Crippen LogP contribution in [0.4, 0.5) is 8.78 Å². The van der Waals surface area contributed by atoms with E-state index in [1.54, 1.807) is 7.05 Å². The molecule has 0 atom stereocenters. The van der Waals surface area contributed by atoms with E-state index in [0.29, 0.717) is 5.52 Å². The van der Waals surface area contributed by atoms with Gasteiger partial charge >= 0.3 is 5.97 Å². The van der Waals surface area contributed by atoms with Crippen LogP contribution in [0.25, 0.3) is 10.9 Å². The number of aromatic nitrogens is 1. The minimum Gasteiger partial charge on any atom is -0.478 e. The zero-order chi connectivity index (χ0) is 12.8. The quantitative estimate of drug-likeness (QED) is 0.875. The highest BCUT2D eigenvalue weighted by Crippen LogP contribution is 2.35. The van der Waals surface area contributed by atoms with Crippen molar-refractivity contribution in [3.63, 3.8) is 0 Å². The van der Waals surface area contributed by atoms with Crippen molar-refractivity contribution in [2.75, 3.05) is 0 Å². The summed E-state index contributed by atoms with van der Waals surface area (Å²) in [5.74, 6) is -4.11. The second kappa shape index (κ2) is 3.55. The Hall–Kier alpha value is -1.91. The van der Waals surface area contributed by atoms with Gasteiger partial charge in [0, 0.05) is 31.1 Å². The van der Waals surface area contributed by atoms with Gasteiger partial charge in [-0.25, -0.2) is 13.6 Å². The molecular formula is C12H11F2NO2. The molecule has 0 saturated heterocycles. The highest BCUT2D eigenvalue weighted by Gasteiger charge is 2.29. The Morgan fingerprint density at radius 3 is 2.59 bits per heavy atom. The van der Waals surface area contributed by atoms with E-state index in [4.69, 9.17) is 5.11 Å². The van der Waals surface area contributed by atoms with Gasteiger partial charge in [0.05, 0.1) is 11.1 Å². The molecule has 0 aliphatic heterocycles. The molecule has 0 amide bonds. The summed E-state index contributed by atoms with van der Waals surface area (Å²) in [5, 5.41) is 9.30. The van der Waals surface area contributed by atoms with E-state index >= 15 is 0 Å². The lowest BCUT2D eigenvalue weighted by Gasteiger charge is -2.08. The fourth-order valence-electron chi connectivity index (χ4n) is 1.99. The average molecular weight is 239 g/mol. The van der Waals surface area contributed by atoms with Crippen LogP contribution in [0.2, 0.25) is 0 Å². The van der Waals surface area contributed by atoms with Gasteiger partial charge in [-0.2, -0.15) is 0 Å². The van der Waals surface area contributed by atoms with E-state index in [-0.39, 0.29) is 16.5 Å². The summed E-state index contributed by atoms with van der Waals surface area (Å²) in [6.45, 7) is 0.801. The number of halogens is 2. The Balaban J connectivity index is 2.87. The smallest absolute Gasteiger partial charge is 0.337 e. The number of aryl methyl sites for hydroxylation is 1. The van der Waals surface area contributed by atoms with Crippen molar-refractivity contribution < 1.29 is 18.7 Å². The molecule has 17 heavy (non-hydrogen) atoms. The number of carboxylic acid groups (broad SMARTS) is 1. The van der Waals surface area contributed by atoms with Gasteiger partial charge in [0.25, 0.3) is 5.92 Å². The van der Waals surface area contributed by atoms with Gasteiger partial charge in [-0.15, -0.1) is 0 Å². The molecule has 3 nitrogen and oxygen atoms in total. The second-order valence-corrected chi connectivity index (χ2v) is 4.05. The molecule has 90 valence electrons. The van der Waals surface area contributed by atoms with E-state index in [1.807, 2.05) is 0 Å². The molecule has 0 fully saturated rings. The lowest BCUT2D eigenvalue weighted by atomic mass is 10.1. The molecule has 5 heteroatoms. The van der Waals surface area contributed by atoms with Crippen molar-refractivity contribution in [2.24, 2.45) is 7.05 Å². The van der Waals surface area contributed by atoms with Gasteiger partial charge < -0.3 is 9.67 Å². The molecule has 0 aliphatic carbocycles. The van der Waals surface area contributed by atoms with E-state index in [1.165, 1.54) is 29.0 Å². The molecule has 2 rings (SSSR count). The highest BCUT2D eigenvalue weighted by atomic mass is 19.3. The maximum absolute atomic E-state index is 13.4. The van der Waals surface area contributed by atoms with Crippen LogP contribution in [0, 0.1) is 0 Å². The maximum atomic E-state index is 13.4. The van der Waals surface area contributed by atoms with Crippen LogP contribution in [-0.2, 0) is 13.0 Å². The van der Waals surface area contributed by atoms with Crippen LogP contribution in [0.5, 0.6) is 0 Å². The minimum atomic E-state index is -2.99. The highest BCUT2D eigenvalue weighted by molar-refractivity contribution is 6.03. The summed E-state index contributed by atoms with van der Waals surface area (Å²) < 4.78 is 28.2. The zero-order valence-electron chi connectivity index (χ0n) is 9.37. The van der Waals surface area contributed by atoms with Crippen LogP contribution in [0.3, 0.4) is 0 Å². The summed E-state index contributed by atoms with van der Waals surface area (Å²) in [7, 11) is 1.56. The molecule has 1 aromatic carbocycles. The van der Waals surface area contributed by atoms with Gasteiger partial charge in [0.15, 0.2) is 0 Å². The Morgan fingerprint density at radius 1 is 1.41 bits per heavy atom. The number of carbonyl (C=O) groups is 1. The third-order valence-corrected chi connectivity index (χ3v) is 2.70. The number of rotatable bonds is 2. The van der Waals surface area contributed by atoms with Crippen LogP contribution in [0.1, 0.15) is 22.8 Å². The predicted molar refractivity (Wildman–Crippen MR) is 59.4 cm³/mol. The fraction of sp³-hybridized carbons (Fsp3) is 0.250. The third kappa shape index (κ3) is 1.77. The number of fused-ring (bicyclic) bond motifs is 1. The first-order valence-electron chi connectivity index (χ1n) is 5.02. The number of para-hydroxylation sites is 1.